The van der Waals surface area contributed by atoms with Gasteiger partial charge in [-0.25, -0.2) is 18.6 Å². The highest BCUT2D eigenvalue weighted by Gasteiger charge is 2.21. The molecule has 1 aliphatic heterocycles. The molecule has 162 valence electrons. The number of carbonyl (C=O) groups is 1. The minimum absolute atomic E-state index is 0.231. The van der Waals surface area contributed by atoms with Crippen LogP contribution in [0.4, 0.5) is 24.4 Å². The van der Waals surface area contributed by atoms with Gasteiger partial charge in [-0.3, -0.25) is 0 Å². The van der Waals surface area contributed by atoms with E-state index in [1.165, 1.54) is 28.7 Å². The second-order valence-electron chi connectivity index (χ2n) is 7.54. The molecule has 2 aromatic carbocycles. The third-order valence-electron chi connectivity index (χ3n) is 5.16. The predicted molar refractivity (Wildman–Crippen MR) is 118 cm³/mol. The largest absolute Gasteiger partial charge is 0.345 e. The Labute approximate surface area is 183 Å². The first-order valence-electron chi connectivity index (χ1n) is 10.1. The number of nitrogens with one attached hydrogen (secondary N) is 1. The molecule has 0 aliphatic carbocycles. The van der Waals surface area contributed by atoms with Crippen molar-refractivity contribution in [2.45, 2.75) is 19.8 Å². The molecular weight excluding hydrogens is 420 g/mol. The normalized spacial score (nSPS) is 14.4. The van der Waals surface area contributed by atoms with Crippen LogP contribution in [0.1, 0.15) is 23.4 Å². The van der Waals surface area contributed by atoms with Gasteiger partial charge < -0.3 is 15.1 Å². The standard InChI is InChI=1S/C22H23F2N5OS/c1-15-3-5-16(6-4-15)13-20-26-22(31-27-20)29-10-2-9-28(11-12-29)21(30)25-17-7-8-18(23)19(24)14-17/h3-8,14H,2,9-13H2,1H3,(H,25,30). The number of nitrogens with zero attached hydrogens (tertiary/aromatic N) is 4. The lowest BCUT2D eigenvalue weighted by Crippen LogP contribution is -2.38. The maximum atomic E-state index is 13.4. The molecule has 0 saturated carbocycles. The zero-order valence-corrected chi connectivity index (χ0v) is 18.0. The fraction of sp³-hybridized carbons (Fsp3) is 0.318. The topological polar surface area (TPSA) is 61.4 Å². The summed E-state index contributed by atoms with van der Waals surface area (Å²) in [6.45, 7) is 4.53. The van der Waals surface area contributed by atoms with Crippen LogP contribution in [0.2, 0.25) is 0 Å². The van der Waals surface area contributed by atoms with Gasteiger partial charge in [-0.05, 0) is 31.0 Å². The number of amides is 2. The number of aromatic nitrogens is 2. The summed E-state index contributed by atoms with van der Waals surface area (Å²) in [7, 11) is 0. The number of urea groups is 1. The zero-order chi connectivity index (χ0) is 21.8. The Morgan fingerprint density at radius 2 is 1.87 bits per heavy atom. The smallest absolute Gasteiger partial charge is 0.321 e. The van der Waals surface area contributed by atoms with Gasteiger partial charge in [0.1, 0.15) is 5.82 Å². The molecule has 0 atom stereocenters. The Morgan fingerprint density at radius 1 is 1.06 bits per heavy atom. The molecule has 2 amide bonds. The molecule has 0 radical (unpaired) electrons. The quantitative estimate of drug-likeness (QED) is 0.647. The zero-order valence-electron chi connectivity index (χ0n) is 17.1. The highest BCUT2D eigenvalue weighted by atomic mass is 32.1. The molecule has 1 fully saturated rings. The number of anilines is 2. The van der Waals surface area contributed by atoms with E-state index in [4.69, 9.17) is 0 Å². The van der Waals surface area contributed by atoms with E-state index in [9.17, 15) is 13.6 Å². The highest BCUT2D eigenvalue weighted by Crippen LogP contribution is 2.21. The molecule has 9 heteroatoms. The molecule has 31 heavy (non-hydrogen) atoms. The van der Waals surface area contributed by atoms with Gasteiger partial charge >= 0.3 is 6.03 Å². The lowest BCUT2D eigenvalue weighted by Gasteiger charge is -2.22. The molecule has 0 unspecified atom stereocenters. The number of halogens is 2. The molecule has 1 aliphatic rings. The van der Waals surface area contributed by atoms with E-state index in [-0.39, 0.29) is 11.7 Å². The molecule has 1 aromatic heterocycles. The third-order valence-corrected chi connectivity index (χ3v) is 5.98. The summed E-state index contributed by atoms with van der Waals surface area (Å²) >= 11 is 1.37. The van der Waals surface area contributed by atoms with Crippen LogP contribution >= 0.6 is 11.5 Å². The summed E-state index contributed by atoms with van der Waals surface area (Å²) in [6, 6.07) is 11.3. The lowest BCUT2D eigenvalue weighted by atomic mass is 10.1. The Kier molecular flexibility index (Phi) is 6.41. The molecule has 6 nitrogen and oxygen atoms in total. The molecule has 0 spiro atoms. The summed E-state index contributed by atoms with van der Waals surface area (Å²) in [5.74, 6) is -1.14. The first-order valence-corrected chi connectivity index (χ1v) is 10.9. The number of benzene rings is 2. The Hall–Kier alpha value is -3.07. The van der Waals surface area contributed by atoms with Crippen molar-refractivity contribution in [3.63, 3.8) is 0 Å². The minimum atomic E-state index is -0.988. The van der Waals surface area contributed by atoms with Crippen molar-refractivity contribution in [1.82, 2.24) is 14.3 Å². The molecule has 1 N–H and O–H groups in total. The summed E-state index contributed by atoms with van der Waals surface area (Å²) in [5.41, 5.74) is 2.62. The van der Waals surface area contributed by atoms with E-state index in [2.05, 4.69) is 50.8 Å². The van der Waals surface area contributed by atoms with E-state index in [0.717, 1.165) is 36.1 Å². The number of rotatable bonds is 4. The van der Waals surface area contributed by atoms with Gasteiger partial charge in [0.05, 0.1) is 0 Å². The van der Waals surface area contributed by atoms with Crippen LogP contribution < -0.4 is 10.2 Å². The average Bonchev–Trinajstić information content (AvgIpc) is 3.07. The van der Waals surface area contributed by atoms with Crippen molar-refractivity contribution < 1.29 is 13.6 Å². The maximum absolute atomic E-state index is 13.4. The van der Waals surface area contributed by atoms with E-state index >= 15 is 0 Å². The summed E-state index contributed by atoms with van der Waals surface area (Å²) < 4.78 is 30.9. The highest BCUT2D eigenvalue weighted by molar-refractivity contribution is 7.09. The van der Waals surface area contributed by atoms with Crippen molar-refractivity contribution in [2.75, 3.05) is 36.4 Å². The van der Waals surface area contributed by atoms with Gasteiger partial charge in [0.2, 0.25) is 5.13 Å². The second kappa shape index (κ2) is 9.38. The number of aryl methyl sites for hydroxylation is 1. The molecule has 3 aromatic rings. The predicted octanol–water partition coefficient (Wildman–Crippen LogP) is 4.46. The average molecular weight is 444 g/mol. The van der Waals surface area contributed by atoms with Crippen LogP contribution in [0.25, 0.3) is 0 Å². The maximum Gasteiger partial charge on any atom is 0.321 e. The van der Waals surface area contributed by atoms with Crippen molar-refractivity contribution in [3.05, 3.63) is 71.1 Å². The Bertz CT molecular complexity index is 1060. The van der Waals surface area contributed by atoms with Gasteiger partial charge in [0.15, 0.2) is 11.6 Å². The molecule has 2 heterocycles. The van der Waals surface area contributed by atoms with Crippen molar-refractivity contribution in [2.24, 2.45) is 0 Å². The van der Waals surface area contributed by atoms with Crippen LogP contribution in [0.15, 0.2) is 42.5 Å². The SMILES string of the molecule is Cc1ccc(Cc2nsc(N3CCCN(C(=O)Nc4ccc(F)c(F)c4)CC3)n2)cc1. The van der Waals surface area contributed by atoms with Crippen LogP contribution in [0.5, 0.6) is 0 Å². The fourth-order valence-electron chi connectivity index (χ4n) is 3.42. The lowest BCUT2D eigenvalue weighted by molar-refractivity contribution is 0.215. The molecule has 0 bridgehead atoms. The van der Waals surface area contributed by atoms with Crippen molar-refractivity contribution in [1.29, 1.82) is 0 Å². The minimum Gasteiger partial charge on any atom is -0.345 e. The van der Waals surface area contributed by atoms with Gasteiger partial charge in [-0.2, -0.15) is 4.37 Å². The molecule has 4 rings (SSSR count). The van der Waals surface area contributed by atoms with Crippen LogP contribution in [-0.2, 0) is 6.42 Å². The van der Waals surface area contributed by atoms with Gasteiger partial charge in [-0.1, -0.05) is 29.8 Å². The van der Waals surface area contributed by atoms with E-state index < -0.39 is 11.6 Å². The summed E-state index contributed by atoms with van der Waals surface area (Å²) in [5, 5.41) is 3.49. The molecule has 1 saturated heterocycles. The second-order valence-corrected chi connectivity index (χ2v) is 8.27. The van der Waals surface area contributed by atoms with Crippen molar-refractivity contribution >= 4 is 28.4 Å². The van der Waals surface area contributed by atoms with E-state index in [0.29, 0.717) is 26.1 Å². The number of hydrogen-bond donors (Lipinski definition) is 1. The first-order chi connectivity index (χ1) is 15.0. The first kappa shape index (κ1) is 21.2. The van der Waals surface area contributed by atoms with Gasteiger partial charge in [-0.15, -0.1) is 0 Å². The Balaban J connectivity index is 1.34. The number of hydrogen-bond acceptors (Lipinski definition) is 5. The number of carbonyl (C=O) groups excluding carboxylic acids is 1. The monoisotopic (exact) mass is 443 g/mol. The van der Waals surface area contributed by atoms with E-state index in [1.54, 1.807) is 4.90 Å². The van der Waals surface area contributed by atoms with Gasteiger partial charge in [0.25, 0.3) is 0 Å². The summed E-state index contributed by atoms with van der Waals surface area (Å²) in [4.78, 5) is 21.0. The van der Waals surface area contributed by atoms with Crippen molar-refractivity contribution in [3.8, 4) is 0 Å². The molecular formula is C22H23F2N5OS. The fourth-order valence-corrected chi connectivity index (χ4v) is 4.16. The van der Waals surface area contributed by atoms with Gasteiger partial charge in [0, 0.05) is 55.9 Å². The summed E-state index contributed by atoms with van der Waals surface area (Å²) in [6.07, 6.45) is 1.46. The van der Waals surface area contributed by atoms with Crippen LogP contribution in [0, 0.1) is 18.6 Å². The third kappa shape index (κ3) is 5.35. The van der Waals surface area contributed by atoms with E-state index in [1.807, 2.05) is 0 Å². The van der Waals surface area contributed by atoms with Crippen LogP contribution in [0.3, 0.4) is 0 Å². The van der Waals surface area contributed by atoms with Crippen LogP contribution in [-0.4, -0.2) is 46.5 Å². The Morgan fingerprint density at radius 3 is 2.65 bits per heavy atom.